The summed E-state index contributed by atoms with van der Waals surface area (Å²) >= 11 is 0. The van der Waals surface area contributed by atoms with Crippen LogP contribution < -0.4 is 14.4 Å². The van der Waals surface area contributed by atoms with Gasteiger partial charge in [-0.25, -0.2) is 12.8 Å². The van der Waals surface area contributed by atoms with E-state index in [2.05, 4.69) is 26.1 Å². The monoisotopic (exact) mass is 436 g/mol. The first kappa shape index (κ1) is 23.7. The summed E-state index contributed by atoms with van der Waals surface area (Å²) in [6.07, 6.45) is 0.980. The van der Waals surface area contributed by atoms with Crippen LogP contribution in [0.3, 0.4) is 0 Å². The van der Waals surface area contributed by atoms with Crippen molar-refractivity contribution in [3.8, 4) is 5.75 Å². The largest absolute Gasteiger partial charge is 0.491 e. The number of hydrogen-bond donors (Lipinski definition) is 1. The second-order valence-corrected chi connectivity index (χ2v) is 9.96. The summed E-state index contributed by atoms with van der Waals surface area (Å²) in [5, 5.41) is 2.68. The predicted octanol–water partition coefficient (Wildman–Crippen LogP) is 3.47. The summed E-state index contributed by atoms with van der Waals surface area (Å²) in [6, 6.07) is 11.8. The van der Waals surface area contributed by atoms with Crippen molar-refractivity contribution in [3.05, 3.63) is 59.9 Å². The molecule has 30 heavy (non-hydrogen) atoms. The maximum absolute atomic E-state index is 13.6. The number of carbonyl (C=O) groups is 1. The van der Waals surface area contributed by atoms with E-state index in [-0.39, 0.29) is 24.3 Å². The minimum Gasteiger partial charge on any atom is -0.491 e. The molecule has 1 atom stereocenters. The number of benzene rings is 2. The molecule has 0 aliphatic carbocycles. The minimum absolute atomic E-state index is 0.0880. The molecule has 6 nitrogen and oxygen atoms in total. The Morgan fingerprint density at radius 1 is 1.17 bits per heavy atom. The van der Waals surface area contributed by atoms with Gasteiger partial charge in [0.05, 0.1) is 18.5 Å². The molecule has 0 heterocycles. The molecule has 2 rings (SSSR count). The van der Waals surface area contributed by atoms with E-state index in [0.29, 0.717) is 0 Å². The predicted molar refractivity (Wildman–Crippen MR) is 117 cm³/mol. The normalized spacial score (nSPS) is 12.9. The Morgan fingerprint density at radius 2 is 1.83 bits per heavy atom. The molecule has 2 aromatic carbocycles. The van der Waals surface area contributed by atoms with Crippen molar-refractivity contribution in [1.82, 2.24) is 5.32 Å². The lowest BCUT2D eigenvalue weighted by Gasteiger charge is -2.28. The summed E-state index contributed by atoms with van der Waals surface area (Å²) in [5.41, 5.74) is 1.06. The zero-order chi connectivity index (χ0) is 22.5. The molecule has 1 N–H and O–H groups in total. The van der Waals surface area contributed by atoms with Crippen LogP contribution in [-0.4, -0.2) is 39.8 Å². The van der Waals surface area contributed by atoms with Crippen LogP contribution in [0.4, 0.5) is 10.1 Å². The Kier molecular flexibility index (Phi) is 7.47. The molecule has 0 unspecified atom stereocenters. The van der Waals surface area contributed by atoms with Gasteiger partial charge in [0.1, 0.15) is 24.2 Å². The first-order chi connectivity index (χ1) is 13.9. The van der Waals surface area contributed by atoms with Crippen LogP contribution in [0.25, 0.3) is 0 Å². The van der Waals surface area contributed by atoms with Crippen LogP contribution >= 0.6 is 0 Å². The van der Waals surface area contributed by atoms with Crippen molar-refractivity contribution in [2.24, 2.45) is 0 Å². The summed E-state index contributed by atoms with van der Waals surface area (Å²) in [5.74, 6) is -0.345. The highest BCUT2D eigenvalue weighted by Gasteiger charge is 2.29. The fraction of sp³-hybridized carbons (Fsp3) is 0.409. The van der Waals surface area contributed by atoms with Crippen LogP contribution in [-0.2, 0) is 20.2 Å². The number of ether oxygens (including phenoxy) is 1. The van der Waals surface area contributed by atoms with Gasteiger partial charge in [0, 0.05) is 0 Å². The molecule has 0 aromatic heterocycles. The smallest absolute Gasteiger partial charge is 0.243 e. The molecule has 8 heteroatoms. The summed E-state index contributed by atoms with van der Waals surface area (Å²) in [4.78, 5) is 12.6. The Balaban J connectivity index is 2.02. The third kappa shape index (κ3) is 6.19. The highest BCUT2D eigenvalue weighted by atomic mass is 32.2. The number of halogens is 1. The first-order valence-electron chi connectivity index (χ1n) is 9.66. The van der Waals surface area contributed by atoms with Crippen molar-refractivity contribution in [2.45, 2.75) is 39.2 Å². The fourth-order valence-electron chi connectivity index (χ4n) is 3.12. The third-order valence-electron chi connectivity index (χ3n) is 4.51. The minimum atomic E-state index is -3.80. The van der Waals surface area contributed by atoms with Gasteiger partial charge in [-0.05, 0) is 42.2 Å². The molecule has 164 valence electrons. The molecule has 0 spiro atoms. The van der Waals surface area contributed by atoms with Crippen molar-refractivity contribution >= 4 is 21.6 Å². The second kappa shape index (κ2) is 9.47. The van der Waals surface area contributed by atoms with E-state index < -0.39 is 27.8 Å². The van der Waals surface area contributed by atoms with Gasteiger partial charge >= 0.3 is 0 Å². The molecule has 0 aliphatic rings. The zero-order valence-corrected chi connectivity index (χ0v) is 18.8. The third-order valence-corrected chi connectivity index (χ3v) is 5.75. The Labute approximate surface area is 178 Å². The van der Waals surface area contributed by atoms with E-state index in [1.807, 2.05) is 24.3 Å². The van der Waals surface area contributed by atoms with Crippen LogP contribution in [0.15, 0.2) is 48.5 Å². The van der Waals surface area contributed by atoms with E-state index in [9.17, 15) is 17.6 Å². The van der Waals surface area contributed by atoms with E-state index in [4.69, 9.17) is 4.74 Å². The number of rotatable bonds is 8. The SMILES string of the molecule is C[C@H](C(=O)NCCOc1ccccc1C(C)(C)C)N(c1cccc(F)c1)S(C)(=O)=O. The van der Waals surface area contributed by atoms with Crippen molar-refractivity contribution < 1.29 is 22.3 Å². The molecule has 0 saturated carbocycles. The van der Waals surface area contributed by atoms with E-state index in [1.165, 1.54) is 25.1 Å². The number of hydrogen-bond acceptors (Lipinski definition) is 4. The fourth-order valence-corrected chi connectivity index (χ4v) is 4.28. The number of para-hydroxylation sites is 1. The average molecular weight is 437 g/mol. The Hall–Kier alpha value is -2.61. The van der Waals surface area contributed by atoms with Crippen molar-refractivity contribution in [3.63, 3.8) is 0 Å². The summed E-state index contributed by atoms with van der Waals surface area (Å²) in [6.45, 7) is 8.14. The van der Waals surface area contributed by atoms with Gasteiger partial charge in [-0.3, -0.25) is 9.10 Å². The molecule has 0 radical (unpaired) electrons. The maximum Gasteiger partial charge on any atom is 0.243 e. The van der Waals surface area contributed by atoms with Gasteiger partial charge in [0.15, 0.2) is 0 Å². The lowest BCUT2D eigenvalue weighted by Crippen LogP contribution is -2.48. The quantitative estimate of drug-likeness (QED) is 0.643. The maximum atomic E-state index is 13.6. The van der Waals surface area contributed by atoms with E-state index >= 15 is 0 Å². The number of amides is 1. The second-order valence-electron chi connectivity index (χ2n) is 8.10. The van der Waals surface area contributed by atoms with Gasteiger partial charge in [0.2, 0.25) is 15.9 Å². The average Bonchev–Trinajstić information content (AvgIpc) is 2.63. The first-order valence-corrected chi connectivity index (χ1v) is 11.5. The summed E-state index contributed by atoms with van der Waals surface area (Å²) < 4.78 is 44.8. The van der Waals surface area contributed by atoms with Gasteiger partial charge < -0.3 is 10.1 Å². The Morgan fingerprint density at radius 3 is 2.43 bits per heavy atom. The molecule has 1 amide bonds. The van der Waals surface area contributed by atoms with Crippen molar-refractivity contribution in [2.75, 3.05) is 23.7 Å². The molecule has 0 saturated heterocycles. The van der Waals surface area contributed by atoms with Crippen LogP contribution in [0, 0.1) is 5.82 Å². The van der Waals surface area contributed by atoms with Crippen LogP contribution in [0.5, 0.6) is 5.75 Å². The molecule has 0 fully saturated rings. The number of nitrogens with zero attached hydrogens (tertiary/aromatic N) is 1. The summed E-state index contributed by atoms with van der Waals surface area (Å²) in [7, 11) is -3.80. The van der Waals surface area contributed by atoms with E-state index in [1.54, 1.807) is 0 Å². The lowest BCUT2D eigenvalue weighted by atomic mass is 9.86. The molecule has 0 aliphatic heterocycles. The van der Waals surface area contributed by atoms with Gasteiger partial charge in [-0.1, -0.05) is 45.0 Å². The molecule has 2 aromatic rings. The lowest BCUT2D eigenvalue weighted by molar-refractivity contribution is -0.121. The van der Waals surface area contributed by atoms with Crippen molar-refractivity contribution in [1.29, 1.82) is 0 Å². The van der Waals surface area contributed by atoms with Crippen LogP contribution in [0.2, 0.25) is 0 Å². The number of nitrogens with one attached hydrogen (secondary N) is 1. The van der Waals surface area contributed by atoms with E-state index in [0.717, 1.165) is 27.9 Å². The standard InChI is InChI=1S/C22H29FN2O4S/c1-16(25(30(5,27)28)18-10-8-9-17(23)15-18)21(26)24-13-14-29-20-12-7-6-11-19(20)22(2,3)4/h6-12,15-16H,13-14H2,1-5H3,(H,24,26)/t16-/m1/s1. The van der Waals surface area contributed by atoms with Gasteiger partial charge in [-0.15, -0.1) is 0 Å². The highest BCUT2D eigenvalue weighted by Crippen LogP contribution is 2.30. The molecular weight excluding hydrogens is 407 g/mol. The highest BCUT2D eigenvalue weighted by molar-refractivity contribution is 7.92. The molecule has 0 bridgehead atoms. The van der Waals surface area contributed by atoms with Crippen LogP contribution in [0.1, 0.15) is 33.3 Å². The zero-order valence-electron chi connectivity index (χ0n) is 18.0. The number of sulfonamides is 1. The van der Waals surface area contributed by atoms with Gasteiger partial charge in [-0.2, -0.15) is 0 Å². The number of carbonyl (C=O) groups excluding carboxylic acids is 1. The molecular formula is C22H29FN2O4S. The number of anilines is 1. The topological polar surface area (TPSA) is 75.7 Å². The van der Waals surface area contributed by atoms with Gasteiger partial charge in [0.25, 0.3) is 0 Å². The Bertz CT molecular complexity index is 987.